The molecule has 0 aliphatic carbocycles. The van der Waals surface area contributed by atoms with Gasteiger partial charge in [0.05, 0.1) is 0 Å². The van der Waals surface area contributed by atoms with Gasteiger partial charge in [0.15, 0.2) is 0 Å². The zero-order valence-corrected chi connectivity index (χ0v) is 18.8. The first kappa shape index (κ1) is 20.3. The Morgan fingerprint density at radius 3 is 2.77 bits per heavy atom. The van der Waals surface area contributed by atoms with Crippen molar-refractivity contribution < 1.29 is 13.9 Å². The number of halogens is 3. The van der Waals surface area contributed by atoms with Crippen molar-refractivity contribution in [2.45, 2.75) is 33.7 Å². The van der Waals surface area contributed by atoms with E-state index in [-0.39, 0.29) is 15.3 Å². The Kier molecular flexibility index (Phi) is 5.36. The van der Waals surface area contributed by atoms with Crippen LogP contribution in [0.3, 0.4) is 0 Å². The van der Waals surface area contributed by atoms with Gasteiger partial charge < -0.3 is 0 Å². The van der Waals surface area contributed by atoms with Gasteiger partial charge in [0.2, 0.25) is 0 Å². The summed E-state index contributed by atoms with van der Waals surface area (Å²) >= 11 is -1.73. The molecule has 31 heavy (non-hydrogen) atoms. The zero-order valence-electron chi connectivity index (χ0n) is 16.6. The van der Waals surface area contributed by atoms with Crippen LogP contribution >= 0.6 is 19.8 Å². The first-order chi connectivity index (χ1) is 15.0. The number of aromatic nitrogens is 2. The molecule has 7 heteroatoms. The fourth-order valence-electron chi connectivity index (χ4n) is 4.29. The van der Waals surface area contributed by atoms with Crippen LogP contribution in [0.2, 0.25) is 0 Å². The number of benzene rings is 2. The van der Waals surface area contributed by atoms with Gasteiger partial charge in [-0.15, -0.1) is 0 Å². The van der Waals surface area contributed by atoms with E-state index in [1.54, 1.807) is 18.2 Å². The van der Waals surface area contributed by atoms with Crippen molar-refractivity contribution >= 4 is 25.9 Å². The predicted octanol–water partition coefficient (Wildman–Crippen LogP) is 5.67. The van der Waals surface area contributed by atoms with Crippen LogP contribution in [0.1, 0.15) is 47.8 Å². The Balaban J connectivity index is 1.46. The predicted molar refractivity (Wildman–Crippen MR) is 123 cm³/mol. The maximum absolute atomic E-state index is 13.7. The molecule has 158 valence electrons. The van der Waals surface area contributed by atoms with E-state index in [1.807, 2.05) is 16.9 Å². The molecule has 4 nitrogen and oxygen atoms in total. The maximum atomic E-state index is 13.7. The summed E-state index contributed by atoms with van der Waals surface area (Å²) in [6, 6.07) is 12.5. The average Bonchev–Trinajstić information content (AvgIpc) is 3.20. The number of hydrogen-bond donors (Lipinski definition) is 1. The number of aliphatic hydroxyl groups excluding tert-OH is 1. The fourth-order valence-corrected chi connectivity index (χ4v) is 12.0. The van der Waals surface area contributed by atoms with Gasteiger partial charge in [0, 0.05) is 0 Å². The Labute approximate surface area is 186 Å². The normalized spacial score (nSPS) is 19.7. The third-order valence-electron chi connectivity index (χ3n) is 5.88. The van der Waals surface area contributed by atoms with Crippen molar-refractivity contribution in [3.05, 3.63) is 86.3 Å². The van der Waals surface area contributed by atoms with Gasteiger partial charge in [-0.2, -0.15) is 0 Å². The van der Waals surface area contributed by atoms with Crippen molar-refractivity contribution in [3.63, 3.8) is 0 Å². The molecule has 3 heterocycles. The summed E-state index contributed by atoms with van der Waals surface area (Å²) in [7, 11) is 0. The second-order valence-corrected chi connectivity index (χ2v) is 13.8. The monoisotopic (exact) mass is 531 g/mol. The van der Waals surface area contributed by atoms with Gasteiger partial charge in [-0.3, -0.25) is 0 Å². The molecule has 0 spiro atoms. The van der Waals surface area contributed by atoms with Crippen LogP contribution in [-0.2, 0) is 4.43 Å². The van der Waals surface area contributed by atoms with E-state index < -0.39 is 31.7 Å². The van der Waals surface area contributed by atoms with Gasteiger partial charge in [-0.1, -0.05) is 0 Å². The van der Waals surface area contributed by atoms with E-state index in [1.165, 1.54) is 27.8 Å². The molecule has 1 N–H and O–H groups in total. The summed E-state index contributed by atoms with van der Waals surface area (Å²) in [6.45, 7) is 0. The van der Waals surface area contributed by atoms with Crippen LogP contribution in [0.4, 0.5) is 8.78 Å². The molecule has 2 aliphatic rings. The second kappa shape index (κ2) is 8.17. The van der Waals surface area contributed by atoms with Gasteiger partial charge in [-0.05, 0) is 0 Å². The van der Waals surface area contributed by atoms with Crippen LogP contribution in [0.5, 0.6) is 0 Å². The van der Waals surface area contributed by atoms with Crippen LogP contribution < -0.4 is 0 Å². The van der Waals surface area contributed by atoms with Crippen LogP contribution in [0.15, 0.2) is 52.2 Å². The average molecular weight is 531 g/mol. The molecule has 0 saturated carbocycles. The minimum absolute atomic E-state index is 0.0292. The molecule has 2 atom stereocenters. The molecule has 1 aromatic heterocycles. The first-order valence-corrected chi connectivity index (χ1v) is 14.0. The number of nitriles is 1. The molecule has 0 bridgehead atoms. The van der Waals surface area contributed by atoms with Gasteiger partial charge in [0.1, 0.15) is 0 Å². The Morgan fingerprint density at radius 2 is 2.00 bits per heavy atom. The van der Waals surface area contributed by atoms with Crippen LogP contribution in [0.25, 0.3) is 11.8 Å². The SMILES string of the molecule is N#Cc1cc([C@H](O)[C@H]2CCCC3=Cc4c(cnn4-c4ccc(F)cc4)CI32)ccc1F. The molecular weight excluding hydrogens is 511 g/mol. The van der Waals surface area contributed by atoms with E-state index >= 15 is 0 Å². The zero-order chi connectivity index (χ0) is 21.5. The number of hydrogen-bond acceptors (Lipinski definition) is 3. The second-order valence-electron chi connectivity index (χ2n) is 7.77. The van der Waals surface area contributed by atoms with E-state index in [2.05, 4.69) is 11.2 Å². The van der Waals surface area contributed by atoms with Crippen molar-refractivity contribution in [2.75, 3.05) is 0 Å². The molecule has 0 radical (unpaired) electrons. The Hall–Kier alpha value is -2.57. The Morgan fingerprint density at radius 1 is 1.19 bits per heavy atom. The standard InChI is InChI=1S/C24H20F2IN3O/c25-18-5-7-20(8-6-18)30-23-11-19-2-1-3-22(27(19)12-17(23)14-29-30)24(31)15-4-9-21(26)16(10-15)13-28/h4-11,14,22,24,31H,1-3,12H2/t22-,24+/m1/s1. The van der Waals surface area contributed by atoms with Gasteiger partial charge in [0.25, 0.3) is 0 Å². The van der Waals surface area contributed by atoms with Crippen molar-refractivity contribution in [1.82, 2.24) is 9.78 Å². The summed E-state index contributed by atoms with van der Waals surface area (Å²) < 4.78 is 31.4. The van der Waals surface area contributed by atoms with Crippen molar-refractivity contribution in [1.29, 1.82) is 5.26 Å². The number of alkyl halides is 2. The molecule has 0 amide bonds. The number of fused-ring (bicyclic) bond motifs is 2. The van der Waals surface area contributed by atoms with Gasteiger partial charge in [-0.25, -0.2) is 0 Å². The molecule has 1 fully saturated rings. The van der Waals surface area contributed by atoms with E-state index in [4.69, 9.17) is 5.26 Å². The molecule has 0 unspecified atom stereocenters. The van der Waals surface area contributed by atoms with E-state index in [0.717, 1.165) is 40.6 Å². The molecule has 2 aromatic carbocycles. The molecule has 5 rings (SSSR count). The summed E-state index contributed by atoms with van der Waals surface area (Å²) in [5.74, 6) is -0.835. The van der Waals surface area contributed by atoms with Crippen molar-refractivity contribution in [3.8, 4) is 11.8 Å². The third kappa shape index (κ3) is 3.68. The van der Waals surface area contributed by atoms with E-state index in [0.29, 0.717) is 5.56 Å². The third-order valence-corrected chi connectivity index (χ3v) is 13.4. The topological polar surface area (TPSA) is 61.8 Å². The summed E-state index contributed by atoms with van der Waals surface area (Å²) in [5, 5.41) is 24.9. The van der Waals surface area contributed by atoms with E-state index in [9.17, 15) is 13.9 Å². The van der Waals surface area contributed by atoms with Crippen LogP contribution in [-0.4, -0.2) is 18.8 Å². The molecule has 2 aliphatic heterocycles. The fraction of sp³-hybridized carbons (Fsp3) is 0.250. The summed E-state index contributed by atoms with van der Waals surface area (Å²) in [6.07, 6.45) is 6.36. The number of rotatable bonds is 3. The van der Waals surface area contributed by atoms with Crippen LogP contribution in [0, 0.1) is 23.0 Å². The number of nitrogens with zero attached hydrogens (tertiary/aromatic N) is 3. The Bertz CT molecular complexity index is 1210. The summed E-state index contributed by atoms with van der Waals surface area (Å²) in [4.78, 5) is 0. The molecule has 3 aromatic rings. The minimum atomic E-state index is -1.73. The summed E-state index contributed by atoms with van der Waals surface area (Å²) in [5.41, 5.74) is 3.62. The molecule has 1 saturated heterocycles. The first-order valence-electron chi connectivity index (χ1n) is 10.1. The molecular formula is C24H20F2IN3O. The quantitative estimate of drug-likeness (QED) is 0.350. The number of aliphatic hydroxyl groups is 1. The van der Waals surface area contributed by atoms with Crippen molar-refractivity contribution in [2.24, 2.45) is 0 Å². The number of allylic oxidation sites excluding steroid dienone is 1. The van der Waals surface area contributed by atoms with Gasteiger partial charge >= 0.3 is 187 Å².